The average Bonchev–Trinajstić information content (AvgIpc) is 3.31. The molecule has 0 spiro atoms. The van der Waals surface area contributed by atoms with Gasteiger partial charge >= 0.3 is 5.69 Å². The first-order chi connectivity index (χ1) is 14.5. The second-order valence-corrected chi connectivity index (χ2v) is 9.57. The molecule has 4 rings (SSSR count). The lowest BCUT2D eigenvalue weighted by atomic mass is 10.3. The van der Waals surface area contributed by atoms with Crippen LogP contribution in [0.3, 0.4) is 0 Å². The molecule has 0 aromatic carbocycles. The van der Waals surface area contributed by atoms with Crippen molar-refractivity contribution in [3.05, 3.63) is 25.8 Å². The number of fused-ring (bicyclic) bond motifs is 1. The van der Waals surface area contributed by atoms with Crippen molar-refractivity contribution in [3.8, 4) is 0 Å². The third-order valence-electron chi connectivity index (χ3n) is 5.11. The quantitative estimate of drug-likeness (QED) is 0.456. The summed E-state index contributed by atoms with van der Waals surface area (Å²) in [5.74, 6) is 1.38. The van der Waals surface area contributed by atoms with Gasteiger partial charge in [0.15, 0.2) is 15.5 Å². The Kier molecular flexibility index (Phi) is 6.22. The fourth-order valence-corrected chi connectivity index (χ4v) is 5.36. The zero-order valence-corrected chi connectivity index (χ0v) is 18.5. The van der Waals surface area contributed by atoms with E-state index in [-0.39, 0.29) is 6.61 Å². The molecule has 1 saturated heterocycles. The molecule has 1 fully saturated rings. The topological polar surface area (TPSA) is 125 Å². The summed E-state index contributed by atoms with van der Waals surface area (Å²) in [6.07, 6.45) is 0. The Morgan fingerprint density at radius 3 is 2.60 bits per heavy atom. The smallest absolute Gasteiger partial charge is 0.329 e. The lowest BCUT2D eigenvalue weighted by molar-refractivity contribution is 0.188. The third-order valence-corrected chi connectivity index (χ3v) is 7.06. The van der Waals surface area contributed by atoms with Crippen molar-refractivity contribution in [2.45, 2.75) is 17.8 Å². The summed E-state index contributed by atoms with van der Waals surface area (Å²) < 4.78 is 4.16. The monoisotopic (exact) mass is 452 g/mol. The van der Waals surface area contributed by atoms with Gasteiger partial charge in [-0.3, -0.25) is 19.2 Å². The van der Waals surface area contributed by atoms with E-state index in [0.717, 1.165) is 35.5 Å². The lowest BCUT2D eigenvalue weighted by Crippen LogP contribution is -2.48. The largest absolute Gasteiger partial charge is 0.395 e. The number of aryl methyl sites for hydroxylation is 3. The summed E-state index contributed by atoms with van der Waals surface area (Å²) in [6.45, 7) is 6.33. The number of aliphatic hydroxyl groups is 1. The average molecular weight is 453 g/mol. The van der Waals surface area contributed by atoms with Crippen LogP contribution in [0.25, 0.3) is 11.2 Å². The minimum Gasteiger partial charge on any atom is -0.395 e. The Balaban J connectivity index is 1.65. The van der Waals surface area contributed by atoms with Gasteiger partial charge in [0.05, 0.1) is 6.61 Å². The van der Waals surface area contributed by atoms with Gasteiger partial charge in [-0.15, -0.1) is 10.2 Å². The van der Waals surface area contributed by atoms with Gasteiger partial charge in [0, 0.05) is 52.1 Å². The maximum Gasteiger partial charge on any atom is 0.329 e. The van der Waals surface area contributed by atoms with E-state index in [2.05, 4.69) is 30.0 Å². The molecule has 0 radical (unpaired) electrons. The van der Waals surface area contributed by atoms with Gasteiger partial charge in [-0.2, -0.15) is 4.98 Å². The molecule has 3 aromatic rings. The molecule has 0 bridgehead atoms. The third kappa shape index (κ3) is 4.15. The summed E-state index contributed by atoms with van der Waals surface area (Å²) in [6, 6.07) is 0. The molecular weight excluding hydrogens is 428 g/mol. The number of anilines is 1. The molecule has 11 nitrogen and oxygen atoms in total. The molecule has 162 valence electrons. The molecule has 0 saturated carbocycles. The Morgan fingerprint density at radius 1 is 1.17 bits per heavy atom. The highest BCUT2D eigenvalue weighted by atomic mass is 32.2. The van der Waals surface area contributed by atoms with E-state index in [1.807, 2.05) is 11.5 Å². The summed E-state index contributed by atoms with van der Waals surface area (Å²) >= 11 is 3.12. The highest BCUT2D eigenvalue weighted by molar-refractivity contribution is 8.01. The molecule has 3 aromatic heterocycles. The second-order valence-electron chi connectivity index (χ2n) is 7.04. The molecule has 0 unspecified atom stereocenters. The van der Waals surface area contributed by atoms with E-state index in [1.165, 1.54) is 15.9 Å². The van der Waals surface area contributed by atoms with Crippen molar-refractivity contribution in [3.63, 3.8) is 0 Å². The van der Waals surface area contributed by atoms with Crippen molar-refractivity contribution in [1.29, 1.82) is 0 Å². The van der Waals surface area contributed by atoms with Crippen LogP contribution in [-0.2, 0) is 13.6 Å². The normalized spacial score (nSPS) is 15.4. The van der Waals surface area contributed by atoms with Crippen LogP contribution < -0.4 is 16.1 Å². The van der Waals surface area contributed by atoms with Crippen molar-refractivity contribution in [2.24, 2.45) is 7.05 Å². The maximum atomic E-state index is 12.6. The zero-order chi connectivity index (χ0) is 21.3. The second kappa shape index (κ2) is 8.88. The lowest BCUT2D eigenvalue weighted by Gasteiger charge is -2.35. The van der Waals surface area contributed by atoms with E-state index in [4.69, 9.17) is 5.11 Å². The molecule has 30 heavy (non-hydrogen) atoms. The van der Waals surface area contributed by atoms with Crippen molar-refractivity contribution < 1.29 is 5.11 Å². The van der Waals surface area contributed by atoms with Gasteiger partial charge < -0.3 is 14.6 Å². The highest BCUT2D eigenvalue weighted by Crippen LogP contribution is 2.25. The van der Waals surface area contributed by atoms with E-state index in [1.54, 1.807) is 18.8 Å². The van der Waals surface area contributed by atoms with Crippen molar-refractivity contribution in [1.82, 2.24) is 34.2 Å². The van der Waals surface area contributed by atoms with Gasteiger partial charge in [0.25, 0.3) is 5.56 Å². The molecule has 2 N–H and O–H groups in total. The summed E-state index contributed by atoms with van der Waals surface area (Å²) in [5.41, 5.74) is -0.120. The van der Waals surface area contributed by atoms with Gasteiger partial charge in [0.2, 0.25) is 5.95 Å². The Hall–Kier alpha value is -2.22. The first-order valence-corrected chi connectivity index (χ1v) is 11.5. The molecule has 4 heterocycles. The molecule has 0 aliphatic carbocycles. The van der Waals surface area contributed by atoms with Crippen LogP contribution in [-0.4, -0.2) is 84.4 Å². The van der Waals surface area contributed by atoms with Crippen LogP contribution >= 0.6 is 23.1 Å². The van der Waals surface area contributed by atoms with Crippen LogP contribution in [0, 0.1) is 6.92 Å². The number of aliphatic hydroxyl groups excluding tert-OH is 1. The minimum atomic E-state index is -0.477. The van der Waals surface area contributed by atoms with E-state index < -0.39 is 11.2 Å². The molecule has 1 aliphatic heterocycles. The van der Waals surface area contributed by atoms with Gasteiger partial charge in [-0.05, 0) is 6.92 Å². The number of nitrogens with one attached hydrogen (secondary N) is 1. The zero-order valence-electron chi connectivity index (χ0n) is 16.9. The maximum absolute atomic E-state index is 12.6. The Labute approximate surface area is 180 Å². The van der Waals surface area contributed by atoms with Crippen LogP contribution in [0.2, 0.25) is 0 Å². The summed E-state index contributed by atoms with van der Waals surface area (Å²) in [5, 5.41) is 18.3. The SMILES string of the molecule is Cc1nnc(SCCn2c(N3CCN(CCO)CC3)nc3c2c(=O)[nH]c(=O)n3C)s1. The fourth-order valence-electron chi connectivity index (χ4n) is 3.55. The number of nitrogens with zero attached hydrogens (tertiary/aromatic N) is 7. The minimum absolute atomic E-state index is 0.137. The van der Waals surface area contributed by atoms with E-state index in [9.17, 15) is 9.59 Å². The number of β-amino-alcohol motifs (C(OH)–C–C–N with tert-alkyl or cyclic N) is 1. The number of thioether (sulfide) groups is 1. The molecule has 1 aliphatic rings. The van der Waals surface area contributed by atoms with E-state index in [0.29, 0.717) is 36.0 Å². The van der Waals surface area contributed by atoms with Crippen LogP contribution in [0.15, 0.2) is 13.9 Å². The number of H-pyrrole nitrogens is 1. The number of imidazole rings is 1. The number of aromatic amines is 1. The number of hydrogen-bond donors (Lipinski definition) is 2. The Morgan fingerprint density at radius 2 is 1.93 bits per heavy atom. The van der Waals surface area contributed by atoms with Crippen LogP contribution in [0.5, 0.6) is 0 Å². The fraction of sp³-hybridized carbons (Fsp3) is 0.588. The van der Waals surface area contributed by atoms with Gasteiger partial charge in [-0.1, -0.05) is 23.1 Å². The van der Waals surface area contributed by atoms with Gasteiger partial charge in [0.1, 0.15) is 5.01 Å². The van der Waals surface area contributed by atoms with Gasteiger partial charge in [-0.25, -0.2) is 4.79 Å². The standard InChI is InChI=1S/C17H24N8O3S2/c1-11-20-21-17(30-11)29-10-8-25-12-13(22(2)16(28)19-14(12)27)18-15(25)24-5-3-23(4-6-24)7-9-26/h26H,3-10H2,1-2H3,(H,19,27,28). The molecular formula is C17H24N8O3S2. The number of piperazine rings is 1. The molecule has 0 atom stereocenters. The molecule has 13 heteroatoms. The first kappa shape index (κ1) is 21.0. The summed E-state index contributed by atoms with van der Waals surface area (Å²) in [7, 11) is 1.61. The predicted octanol–water partition coefficient (Wildman–Crippen LogP) is -0.510. The summed E-state index contributed by atoms with van der Waals surface area (Å²) in [4.78, 5) is 36.1. The first-order valence-electron chi connectivity index (χ1n) is 9.68. The highest BCUT2D eigenvalue weighted by Gasteiger charge is 2.24. The predicted molar refractivity (Wildman–Crippen MR) is 117 cm³/mol. The Bertz CT molecular complexity index is 1140. The van der Waals surface area contributed by atoms with E-state index >= 15 is 0 Å². The number of aromatic nitrogens is 6. The number of rotatable bonds is 7. The van der Waals surface area contributed by atoms with Crippen molar-refractivity contribution in [2.75, 3.05) is 50.0 Å². The molecule has 0 amide bonds. The van der Waals surface area contributed by atoms with Crippen molar-refractivity contribution >= 4 is 40.2 Å². The van der Waals surface area contributed by atoms with Crippen LogP contribution in [0.4, 0.5) is 5.95 Å². The van der Waals surface area contributed by atoms with Crippen LogP contribution in [0.1, 0.15) is 5.01 Å². The number of hydrogen-bond acceptors (Lipinski definition) is 10.